The summed E-state index contributed by atoms with van der Waals surface area (Å²) >= 11 is 0. The van der Waals surface area contributed by atoms with Crippen molar-refractivity contribution >= 4 is 6.21 Å². The molecule has 0 bridgehead atoms. The van der Waals surface area contributed by atoms with Crippen LogP contribution in [0.5, 0.6) is 5.75 Å². The number of rotatable bonds is 6. The maximum atomic E-state index is 6.01. The first-order valence-electron chi connectivity index (χ1n) is 9.37. The van der Waals surface area contributed by atoms with E-state index < -0.39 is 0 Å². The molecule has 3 heteroatoms. The molecular weight excluding hydrogens is 322 g/mol. The van der Waals surface area contributed by atoms with E-state index in [0.29, 0.717) is 0 Å². The van der Waals surface area contributed by atoms with Gasteiger partial charge in [0.2, 0.25) is 0 Å². The van der Waals surface area contributed by atoms with Gasteiger partial charge in [0.05, 0.1) is 12.7 Å². The van der Waals surface area contributed by atoms with Crippen LogP contribution in [-0.2, 0) is 10.2 Å². The molecule has 0 aromatic heterocycles. The van der Waals surface area contributed by atoms with Crippen LogP contribution in [0.4, 0.5) is 0 Å². The third-order valence-electron chi connectivity index (χ3n) is 5.28. The molecule has 3 rings (SSSR count). The van der Waals surface area contributed by atoms with E-state index >= 15 is 0 Å². The molecule has 0 radical (unpaired) electrons. The lowest BCUT2D eigenvalue weighted by molar-refractivity contribution is -0.0839. The zero-order chi connectivity index (χ0) is 18.5. The maximum Gasteiger partial charge on any atom is 0.122 e. The molecule has 2 aromatic carbocycles. The second-order valence-corrected chi connectivity index (χ2v) is 7.71. The predicted octanol–water partition coefficient (Wildman–Crippen LogP) is 5.03. The molecule has 0 unspecified atom stereocenters. The normalized spacial score (nSPS) is 22.4. The van der Waals surface area contributed by atoms with E-state index in [-0.39, 0.29) is 11.0 Å². The Morgan fingerprint density at radius 2 is 1.81 bits per heavy atom. The van der Waals surface area contributed by atoms with Gasteiger partial charge in [-0.3, -0.25) is 4.99 Å². The summed E-state index contributed by atoms with van der Waals surface area (Å²) in [4.78, 5) is 4.70. The van der Waals surface area contributed by atoms with Crippen LogP contribution in [0.25, 0.3) is 0 Å². The molecule has 0 saturated carbocycles. The molecule has 1 atom stereocenters. The molecule has 1 aliphatic rings. The molecule has 0 aliphatic carbocycles. The molecule has 0 spiro atoms. The largest absolute Gasteiger partial charge is 0.496 e. The van der Waals surface area contributed by atoms with Crippen LogP contribution >= 0.6 is 0 Å². The van der Waals surface area contributed by atoms with Gasteiger partial charge < -0.3 is 9.47 Å². The Morgan fingerprint density at radius 1 is 1.08 bits per heavy atom. The van der Waals surface area contributed by atoms with Crippen LogP contribution in [0, 0.1) is 0 Å². The zero-order valence-corrected chi connectivity index (χ0v) is 16.1. The van der Waals surface area contributed by atoms with E-state index in [2.05, 4.69) is 44.2 Å². The van der Waals surface area contributed by atoms with Crippen LogP contribution in [0.1, 0.15) is 44.2 Å². The van der Waals surface area contributed by atoms with Crippen molar-refractivity contribution in [3.05, 3.63) is 65.7 Å². The number of hydrogen-bond acceptors (Lipinski definition) is 3. The summed E-state index contributed by atoms with van der Waals surface area (Å²) in [6.07, 6.45) is 4.93. The highest BCUT2D eigenvalue weighted by Crippen LogP contribution is 2.47. The van der Waals surface area contributed by atoms with Crippen LogP contribution in [0.15, 0.2) is 59.6 Å². The second-order valence-electron chi connectivity index (χ2n) is 7.71. The Bertz CT molecular complexity index is 739. The standard InChI is InChI=1S/C23H29NO2/c1-22(2)18-23(14-16-26-22,20-11-7-8-12-21(20)25-3)13-15-24-17-19-9-5-4-6-10-19/h4-12,17H,13-16,18H2,1-3H3/t23-/m1/s1. The first-order chi connectivity index (χ1) is 12.5. The van der Waals surface area contributed by atoms with E-state index in [4.69, 9.17) is 14.5 Å². The summed E-state index contributed by atoms with van der Waals surface area (Å²) in [5.74, 6) is 0.970. The third-order valence-corrected chi connectivity index (χ3v) is 5.28. The van der Waals surface area contributed by atoms with E-state index in [1.807, 2.05) is 30.5 Å². The highest BCUT2D eigenvalue weighted by molar-refractivity contribution is 5.79. The van der Waals surface area contributed by atoms with Gasteiger partial charge in [0.1, 0.15) is 5.75 Å². The van der Waals surface area contributed by atoms with Gasteiger partial charge in [-0.15, -0.1) is 0 Å². The van der Waals surface area contributed by atoms with Crippen molar-refractivity contribution in [1.29, 1.82) is 0 Å². The quantitative estimate of drug-likeness (QED) is 0.683. The van der Waals surface area contributed by atoms with Gasteiger partial charge in [0.25, 0.3) is 0 Å². The molecule has 2 aromatic rings. The van der Waals surface area contributed by atoms with Crippen molar-refractivity contribution in [2.75, 3.05) is 20.3 Å². The van der Waals surface area contributed by atoms with Crippen molar-refractivity contribution in [3.63, 3.8) is 0 Å². The van der Waals surface area contributed by atoms with Crippen molar-refractivity contribution < 1.29 is 9.47 Å². The number of benzene rings is 2. The molecule has 26 heavy (non-hydrogen) atoms. The highest BCUT2D eigenvalue weighted by atomic mass is 16.5. The Balaban J connectivity index is 1.83. The van der Waals surface area contributed by atoms with Gasteiger partial charge >= 0.3 is 0 Å². The minimum Gasteiger partial charge on any atom is -0.496 e. The number of nitrogens with zero attached hydrogens (tertiary/aromatic N) is 1. The predicted molar refractivity (Wildman–Crippen MR) is 107 cm³/mol. The average molecular weight is 351 g/mol. The summed E-state index contributed by atoms with van der Waals surface area (Å²) in [6.45, 7) is 5.93. The van der Waals surface area contributed by atoms with Crippen molar-refractivity contribution in [3.8, 4) is 5.75 Å². The van der Waals surface area contributed by atoms with Crippen LogP contribution in [0.3, 0.4) is 0 Å². The van der Waals surface area contributed by atoms with Gasteiger partial charge in [0.15, 0.2) is 0 Å². The molecular formula is C23H29NO2. The molecule has 1 fully saturated rings. The molecule has 0 N–H and O–H groups in total. The van der Waals surface area contributed by atoms with Gasteiger partial charge in [-0.1, -0.05) is 48.5 Å². The fraction of sp³-hybridized carbons (Fsp3) is 0.435. The molecule has 0 amide bonds. The molecule has 138 valence electrons. The summed E-state index contributed by atoms with van der Waals surface area (Å²) in [6, 6.07) is 18.7. The van der Waals surface area contributed by atoms with Gasteiger partial charge in [-0.05, 0) is 44.7 Å². The minimum absolute atomic E-state index is 0.0301. The summed E-state index contributed by atoms with van der Waals surface area (Å²) in [7, 11) is 1.75. The Morgan fingerprint density at radius 3 is 2.54 bits per heavy atom. The third kappa shape index (κ3) is 4.34. The number of hydrogen-bond donors (Lipinski definition) is 0. The first kappa shape index (κ1) is 18.7. The van der Waals surface area contributed by atoms with Crippen molar-refractivity contribution in [1.82, 2.24) is 0 Å². The zero-order valence-electron chi connectivity index (χ0n) is 16.1. The average Bonchev–Trinajstić information content (AvgIpc) is 2.65. The maximum absolute atomic E-state index is 6.01. The summed E-state index contributed by atoms with van der Waals surface area (Å²) < 4.78 is 11.7. The fourth-order valence-electron chi connectivity index (χ4n) is 4.13. The highest BCUT2D eigenvalue weighted by Gasteiger charge is 2.43. The number of para-hydroxylation sites is 1. The number of aliphatic imine (C=N–C) groups is 1. The van der Waals surface area contributed by atoms with Crippen molar-refractivity contribution in [2.24, 2.45) is 4.99 Å². The summed E-state index contributed by atoms with van der Waals surface area (Å²) in [5, 5.41) is 0. The van der Waals surface area contributed by atoms with Crippen LogP contribution < -0.4 is 4.74 Å². The summed E-state index contributed by atoms with van der Waals surface area (Å²) in [5.41, 5.74) is 2.32. The van der Waals surface area contributed by atoms with E-state index in [1.54, 1.807) is 7.11 Å². The number of methoxy groups -OCH3 is 1. The van der Waals surface area contributed by atoms with Crippen LogP contribution in [0.2, 0.25) is 0 Å². The van der Waals surface area contributed by atoms with Crippen molar-refractivity contribution in [2.45, 2.75) is 44.1 Å². The van der Waals surface area contributed by atoms with Gasteiger partial charge in [0, 0.05) is 30.3 Å². The van der Waals surface area contributed by atoms with Crippen LogP contribution in [-0.4, -0.2) is 32.1 Å². The van der Waals surface area contributed by atoms with E-state index in [9.17, 15) is 0 Å². The minimum atomic E-state index is -0.137. The Kier molecular flexibility index (Phi) is 5.77. The molecule has 1 heterocycles. The SMILES string of the molecule is COc1ccccc1[C@]1(CCN=Cc2ccccc2)CCOC(C)(C)C1. The Hall–Kier alpha value is -2.13. The first-order valence-corrected chi connectivity index (χ1v) is 9.37. The van der Waals surface area contributed by atoms with E-state index in [0.717, 1.165) is 43.7 Å². The Labute approximate surface area is 157 Å². The smallest absolute Gasteiger partial charge is 0.122 e. The lowest BCUT2D eigenvalue weighted by atomic mass is 9.67. The lowest BCUT2D eigenvalue weighted by Crippen LogP contribution is -2.44. The van der Waals surface area contributed by atoms with E-state index in [1.165, 1.54) is 5.56 Å². The fourth-order valence-corrected chi connectivity index (χ4v) is 4.13. The topological polar surface area (TPSA) is 30.8 Å². The monoisotopic (exact) mass is 351 g/mol. The molecule has 3 nitrogen and oxygen atoms in total. The lowest BCUT2D eigenvalue weighted by Gasteiger charge is -2.45. The van der Waals surface area contributed by atoms with Gasteiger partial charge in [-0.25, -0.2) is 0 Å². The molecule has 1 saturated heterocycles. The number of ether oxygens (including phenoxy) is 2. The molecule has 1 aliphatic heterocycles. The van der Waals surface area contributed by atoms with Gasteiger partial charge in [-0.2, -0.15) is 0 Å². The second kappa shape index (κ2) is 8.05.